The van der Waals surface area contributed by atoms with Crippen LogP contribution in [0.3, 0.4) is 0 Å². The number of aromatic carboxylic acids is 1. The van der Waals surface area contributed by atoms with Crippen LogP contribution in [0.25, 0.3) is 10.2 Å². The summed E-state index contributed by atoms with van der Waals surface area (Å²) in [5.74, 6) is -1.02. The van der Waals surface area contributed by atoms with Crippen molar-refractivity contribution in [3.05, 3.63) is 101 Å². The molecule has 0 radical (unpaired) electrons. The highest BCUT2D eigenvalue weighted by molar-refractivity contribution is 7.22. The van der Waals surface area contributed by atoms with E-state index >= 15 is 0 Å². The Balaban J connectivity index is 1.07. The van der Waals surface area contributed by atoms with Crippen LogP contribution in [0.1, 0.15) is 65.2 Å². The van der Waals surface area contributed by atoms with E-state index in [-0.39, 0.29) is 11.3 Å². The van der Waals surface area contributed by atoms with Crippen LogP contribution in [0, 0.1) is 0 Å². The second-order valence-corrected chi connectivity index (χ2v) is 13.9. The number of ether oxygens (including phenoxy) is 1. The van der Waals surface area contributed by atoms with Gasteiger partial charge in [-0.15, -0.1) is 0 Å². The number of fused-ring (bicyclic) bond motifs is 2. The van der Waals surface area contributed by atoms with E-state index in [1.165, 1.54) is 28.2 Å². The standard InChI is InChI=1S/C35H37N5O4S2/c1-2-35(44-22-23-9-4-3-5-10-23)16-19-39(20-17-35)31-29(32(42)43)37-34(46-31)40-18-15-24-11-8-12-25(26(24)21-40)30(41)38-33-36-27-13-6-7-14-28(27)45-33/h3-14,30,41H,2,15-22H2,1H3,(H,36,38)(H,42,43). The number of benzene rings is 3. The van der Waals surface area contributed by atoms with Crippen LogP contribution in [-0.2, 0) is 24.3 Å². The van der Waals surface area contributed by atoms with Gasteiger partial charge in [0.2, 0.25) is 0 Å². The Morgan fingerprint density at radius 3 is 2.52 bits per heavy atom. The fourth-order valence-corrected chi connectivity index (χ4v) is 8.50. The molecule has 3 N–H and O–H groups in total. The summed E-state index contributed by atoms with van der Waals surface area (Å²) in [6.45, 7) is 5.41. The molecule has 0 amide bonds. The minimum Gasteiger partial charge on any atom is -0.476 e. The van der Waals surface area contributed by atoms with Crippen LogP contribution >= 0.6 is 22.7 Å². The Kier molecular flexibility index (Phi) is 8.65. The minimum atomic E-state index is -1.02. The summed E-state index contributed by atoms with van der Waals surface area (Å²) >= 11 is 2.95. The predicted octanol–water partition coefficient (Wildman–Crippen LogP) is 7.08. The highest BCUT2D eigenvalue weighted by Gasteiger charge is 2.36. The van der Waals surface area contributed by atoms with Gasteiger partial charge in [0.25, 0.3) is 0 Å². The molecule has 3 aromatic carbocycles. The summed E-state index contributed by atoms with van der Waals surface area (Å²) in [4.78, 5) is 26.0. The zero-order chi connectivity index (χ0) is 31.7. The lowest BCUT2D eigenvalue weighted by molar-refractivity contribution is -0.0748. The normalized spacial score (nSPS) is 16.7. The van der Waals surface area contributed by atoms with E-state index < -0.39 is 12.2 Å². The molecule has 1 unspecified atom stereocenters. The molecule has 238 valence electrons. The smallest absolute Gasteiger partial charge is 0.357 e. The summed E-state index contributed by atoms with van der Waals surface area (Å²) in [5, 5.41) is 26.7. The minimum absolute atomic E-state index is 0.103. The molecule has 1 fully saturated rings. The van der Waals surface area contributed by atoms with Gasteiger partial charge in [-0.05, 0) is 54.5 Å². The van der Waals surface area contributed by atoms with Crippen molar-refractivity contribution in [1.29, 1.82) is 0 Å². The fourth-order valence-electron chi connectivity index (χ4n) is 6.47. The number of hydrogen-bond donors (Lipinski definition) is 3. The highest BCUT2D eigenvalue weighted by atomic mass is 32.1. The van der Waals surface area contributed by atoms with Crippen LogP contribution in [0.15, 0.2) is 72.8 Å². The van der Waals surface area contributed by atoms with Crippen molar-refractivity contribution in [2.75, 3.05) is 34.8 Å². The lowest BCUT2D eigenvalue weighted by atomic mass is 9.88. The first-order chi connectivity index (χ1) is 22.4. The van der Waals surface area contributed by atoms with E-state index in [2.05, 4.69) is 50.2 Å². The van der Waals surface area contributed by atoms with Gasteiger partial charge in [-0.25, -0.2) is 14.8 Å². The third kappa shape index (κ3) is 6.20. The molecule has 46 heavy (non-hydrogen) atoms. The van der Waals surface area contributed by atoms with Crippen LogP contribution in [0.2, 0.25) is 0 Å². The van der Waals surface area contributed by atoms with Gasteiger partial charge in [-0.3, -0.25) is 0 Å². The second-order valence-electron chi connectivity index (χ2n) is 11.9. The van der Waals surface area contributed by atoms with Gasteiger partial charge < -0.3 is 30.1 Å². The third-order valence-electron chi connectivity index (χ3n) is 9.22. The van der Waals surface area contributed by atoms with Crippen molar-refractivity contribution in [3.8, 4) is 0 Å². The number of hydrogen-bond acceptors (Lipinski definition) is 10. The van der Waals surface area contributed by atoms with Gasteiger partial charge in [-0.1, -0.05) is 90.3 Å². The number of anilines is 3. The maximum absolute atomic E-state index is 12.4. The van der Waals surface area contributed by atoms with E-state index in [4.69, 9.17) is 4.74 Å². The maximum Gasteiger partial charge on any atom is 0.357 e. The summed E-state index contributed by atoms with van der Waals surface area (Å²) in [6.07, 6.45) is 2.39. The number of nitrogens with zero attached hydrogens (tertiary/aromatic N) is 4. The van der Waals surface area contributed by atoms with Crippen molar-refractivity contribution in [2.45, 2.75) is 57.6 Å². The number of carboxylic acids is 1. The summed E-state index contributed by atoms with van der Waals surface area (Å²) < 4.78 is 7.55. The quantitative estimate of drug-likeness (QED) is 0.136. The lowest BCUT2D eigenvalue weighted by Crippen LogP contribution is -2.46. The Labute approximate surface area is 276 Å². The molecular weight excluding hydrogens is 619 g/mol. The number of rotatable bonds is 10. The van der Waals surface area contributed by atoms with E-state index in [1.54, 1.807) is 0 Å². The molecule has 5 aromatic rings. The largest absolute Gasteiger partial charge is 0.476 e. The maximum atomic E-state index is 12.4. The van der Waals surface area contributed by atoms with E-state index in [9.17, 15) is 15.0 Å². The van der Waals surface area contributed by atoms with Crippen LogP contribution in [-0.4, -0.2) is 51.4 Å². The van der Waals surface area contributed by atoms with Crippen molar-refractivity contribution in [3.63, 3.8) is 0 Å². The number of carbonyl (C=O) groups is 1. The van der Waals surface area contributed by atoms with Gasteiger partial charge in [0.15, 0.2) is 22.2 Å². The van der Waals surface area contributed by atoms with Crippen LogP contribution in [0.5, 0.6) is 0 Å². The van der Waals surface area contributed by atoms with Gasteiger partial charge in [0.1, 0.15) is 5.00 Å². The summed E-state index contributed by atoms with van der Waals surface area (Å²) in [5.41, 5.74) is 4.93. The molecule has 1 atom stereocenters. The summed E-state index contributed by atoms with van der Waals surface area (Å²) in [7, 11) is 0. The van der Waals surface area contributed by atoms with Crippen LogP contribution < -0.4 is 15.1 Å². The number of nitrogens with one attached hydrogen (secondary N) is 1. The molecule has 0 aliphatic carbocycles. The lowest BCUT2D eigenvalue weighted by Gasteiger charge is -2.41. The highest BCUT2D eigenvalue weighted by Crippen LogP contribution is 2.41. The van der Waals surface area contributed by atoms with Gasteiger partial charge in [0, 0.05) is 31.7 Å². The predicted molar refractivity (Wildman–Crippen MR) is 184 cm³/mol. The zero-order valence-corrected chi connectivity index (χ0v) is 27.3. The molecule has 0 spiro atoms. The number of aromatic nitrogens is 2. The zero-order valence-electron chi connectivity index (χ0n) is 25.7. The van der Waals surface area contributed by atoms with Crippen molar-refractivity contribution in [1.82, 2.24) is 9.97 Å². The van der Waals surface area contributed by atoms with Gasteiger partial charge >= 0.3 is 5.97 Å². The number of aliphatic hydroxyl groups excluding tert-OH is 1. The van der Waals surface area contributed by atoms with Crippen molar-refractivity contribution >= 4 is 54.1 Å². The first-order valence-electron chi connectivity index (χ1n) is 15.7. The monoisotopic (exact) mass is 655 g/mol. The molecule has 1 saturated heterocycles. The third-order valence-corrected chi connectivity index (χ3v) is 11.4. The molecule has 9 nitrogen and oxygen atoms in total. The van der Waals surface area contributed by atoms with E-state index in [0.29, 0.717) is 41.5 Å². The average molecular weight is 656 g/mol. The number of thiazole rings is 2. The fraction of sp³-hybridized carbons (Fsp3) is 0.343. The van der Waals surface area contributed by atoms with Crippen molar-refractivity contribution < 1.29 is 19.7 Å². The van der Waals surface area contributed by atoms with Crippen molar-refractivity contribution in [2.24, 2.45) is 0 Å². The molecule has 2 aromatic heterocycles. The molecule has 0 bridgehead atoms. The SMILES string of the molecule is CCC1(OCc2ccccc2)CCN(c2sc(N3CCc4cccc(C(O)Nc5nc6ccccc6s5)c4C3)nc2C(=O)O)CC1. The van der Waals surface area contributed by atoms with Gasteiger partial charge in [0.05, 0.1) is 22.4 Å². The number of carboxylic acid groups (broad SMARTS) is 1. The molecule has 4 heterocycles. The molecular formula is C35H37N5O4S2. The number of aliphatic hydroxyl groups is 1. The Morgan fingerprint density at radius 1 is 0.978 bits per heavy atom. The van der Waals surface area contributed by atoms with E-state index in [1.807, 2.05) is 54.6 Å². The number of para-hydroxylation sites is 1. The first-order valence-corrected chi connectivity index (χ1v) is 17.4. The Morgan fingerprint density at radius 2 is 1.76 bits per heavy atom. The Bertz CT molecular complexity index is 1800. The molecule has 7 rings (SSSR count). The number of piperidine rings is 1. The van der Waals surface area contributed by atoms with Crippen LogP contribution in [0.4, 0.5) is 15.3 Å². The molecule has 0 saturated carbocycles. The summed E-state index contributed by atoms with van der Waals surface area (Å²) in [6, 6.07) is 24.2. The molecule has 2 aliphatic heterocycles. The topological polar surface area (TPSA) is 111 Å². The second kappa shape index (κ2) is 13.0. The molecule has 11 heteroatoms. The first kappa shape index (κ1) is 30.6. The van der Waals surface area contributed by atoms with E-state index in [0.717, 1.165) is 59.1 Å². The molecule has 2 aliphatic rings. The average Bonchev–Trinajstić information content (AvgIpc) is 3.72. The van der Waals surface area contributed by atoms with Gasteiger partial charge in [-0.2, -0.15) is 0 Å². The Hall–Kier alpha value is -4.03.